The van der Waals surface area contributed by atoms with Gasteiger partial charge >= 0.3 is 0 Å². The smallest absolute Gasteiger partial charge is 0.221 e. The molecule has 1 aliphatic carbocycles. The van der Waals surface area contributed by atoms with Gasteiger partial charge in [0, 0.05) is 6.42 Å². The lowest BCUT2D eigenvalue weighted by Gasteiger charge is -2.21. The molecular weight excluding hydrogens is 294 g/mol. The number of allylic oxidation sites excluding steroid dienone is 2. The molecule has 0 radical (unpaired) electrons. The van der Waals surface area contributed by atoms with E-state index >= 15 is 0 Å². The minimum absolute atomic E-state index is 0.0941. The quantitative estimate of drug-likeness (QED) is 0.783. The first kappa shape index (κ1) is 16.5. The lowest BCUT2D eigenvalue weighted by atomic mass is 9.95. The summed E-state index contributed by atoms with van der Waals surface area (Å²) in [5.74, 6) is 0.514. The van der Waals surface area contributed by atoms with Crippen molar-refractivity contribution in [1.29, 1.82) is 0 Å². The molecule has 2 atom stereocenters. The van der Waals surface area contributed by atoms with Crippen LogP contribution in [0.3, 0.4) is 0 Å². The van der Waals surface area contributed by atoms with E-state index in [2.05, 4.69) is 61.6 Å². The van der Waals surface area contributed by atoms with Crippen LogP contribution < -0.4 is 5.32 Å². The molecule has 0 aromatic heterocycles. The Morgan fingerprint density at radius 1 is 1.08 bits per heavy atom. The van der Waals surface area contributed by atoms with E-state index in [-0.39, 0.29) is 11.9 Å². The molecule has 0 bridgehead atoms. The first-order valence-electron chi connectivity index (χ1n) is 8.71. The van der Waals surface area contributed by atoms with Gasteiger partial charge in [0.25, 0.3) is 0 Å². The summed E-state index contributed by atoms with van der Waals surface area (Å²) in [7, 11) is 0. The van der Waals surface area contributed by atoms with Gasteiger partial charge in [0.1, 0.15) is 0 Å². The molecule has 0 saturated heterocycles. The van der Waals surface area contributed by atoms with E-state index in [1.807, 2.05) is 18.2 Å². The zero-order chi connectivity index (χ0) is 16.9. The number of carbonyl (C=O) groups excluding carboxylic acids is 1. The third kappa shape index (κ3) is 3.94. The van der Waals surface area contributed by atoms with Crippen LogP contribution in [0.5, 0.6) is 0 Å². The number of amides is 1. The van der Waals surface area contributed by atoms with Crippen LogP contribution in [-0.4, -0.2) is 5.91 Å². The summed E-state index contributed by atoms with van der Waals surface area (Å²) in [6.07, 6.45) is 7.11. The third-order valence-electron chi connectivity index (χ3n) is 4.86. The van der Waals surface area contributed by atoms with Crippen molar-refractivity contribution in [2.24, 2.45) is 5.92 Å². The molecule has 2 aromatic carbocycles. The molecule has 0 saturated carbocycles. The second-order valence-corrected chi connectivity index (χ2v) is 6.72. The van der Waals surface area contributed by atoms with Crippen molar-refractivity contribution >= 4 is 5.91 Å². The van der Waals surface area contributed by atoms with E-state index in [0.29, 0.717) is 12.3 Å². The van der Waals surface area contributed by atoms with Gasteiger partial charge in [0.2, 0.25) is 5.91 Å². The molecule has 0 aliphatic heterocycles. The van der Waals surface area contributed by atoms with Crippen LogP contribution in [0.1, 0.15) is 47.6 Å². The molecule has 0 heterocycles. The number of carbonyl (C=O) groups is 1. The zero-order valence-electron chi connectivity index (χ0n) is 14.5. The van der Waals surface area contributed by atoms with Gasteiger partial charge in [-0.25, -0.2) is 0 Å². The molecule has 3 rings (SSSR count). The normalized spacial score (nSPS) is 17.7. The summed E-state index contributed by atoms with van der Waals surface area (Å²) in [5.41, 5.74) is 4.78. The van der Waals surface area contributed by atoms with Gasteiger partial charge in [-0.2, -0.15) is 0 Å². The average molecular weight is 319 g/mol. The number of aryl methyl sites for hydroxylation is 2. The van der Waals surface area contributed by atoms with E-state index in [9.17, 15) is 4.79 Å². The molecule has 2 nitrogen and oxygen atoms in total. The summed E-state index contributed by atoms with van der Waals surface area (Å²) in [4.78, 5) is 12.6. The highest BCUT2D eigenvalue weighted by molar-refractivity contribution is 5.77. The van der Waals surface area contributed by atoms with Crippen LogP contribution in [0.4, 0.5) is 0 Å². The predicted molar refractivity (Wildman–Crippen MR) is 98.8 cm³/mol. The average Bonchev–Trinajstić information content (AvgIpc) is 3.09. The fourth-order valence-corrected chi connectivity index (χ4v) is 3.27. The Labute approximate surface area is 144 Å². The largest absolute Gasteiger partial charge is 0.345 e. The van der Waals surface area contributed by atoms with Crippen molar-refractivity contribution in [1.82, 2.24) is 5.32 Å². The summed E-state index contributed by atoms with van der Waals surface area (Å²) in [6.45, 7) is 4.23. The van der Waals surface area contributed by atoms with Crippen molar-refractivity contribution in [3.63, 3.8) is 0 Å². The van der Waals surface area contributed by atoms with E-state index in [4.69, 9.17) is 0 Å². The van der Waals surface area contributed by atoms with Crippen LogP contribution in [0.2, 0.25) is 0 Å². The summed E-state index contributed by atoms with van der Waals surface area (Å²) < 4.78 is 0. The molecule has 24 heavy (non-hydrogen) atoms. The predicted octanol–water partition coefficient (Wildman–Crippen LogP) is 4.87. The second-order valence-electron chi connectivity index (χ2n) is 6.72. The number of hydrogen-bond acceptors (Lipinski definition) is 1. The summed E-state index contributed by atoms with van der Waals surface area (Å²) in [6, 6.07) is 16.6. The van der Waals surface area contributed by atoms with Crippen LogP contribution in [-0.2, 0) is 4.79 Å². The topological polar surface area (TPSA) is 29.1 Å². The fourth-order valence-electron chi connectivity index (χ4n) is 3.27. The molecule has 2 heteroatoms. The highest BCUT2D eigenvalue weighted by Crippen LogP contribution is 2.26. The van der Waals surface area contributed by atoms with Crippen LogP contribution in [0.15, 0.2) is 60.7 Å². The van der Waals surface area contributed by atoms with Crippen LogP contribution in [0.25, 0.3) is 0 Å². The van der Waals surface area contributed by atoms with Crippen molar-refractivity contribution in [2.45, 2.75) is 39.2 Å². The number of nitrogens with one attached hydrogen (secondary N) is 1. The minimum Gasteiger partial charge on any atom is -0.345 e. The van der Waals surface area contributed by atoms with Crippen molar-refractivity contribution in [3.05, 3.63) is 82.9 Å². The Balaban J connectivity index is 1.83. The molecule has 0 fully saturated rings. The van der Waals surface area contributed by atoms with E-state index in [1.54, 1.807) is 0 Å². The fraction of sp³-hybridized carbons (Fsp3) is 0.318. The van der Waals surface area contributed by atoms with Gasteiger partial charge in [-0.1, -0.05) is 60.7 Å². The van der Waals surface area contributed by atoms with Gasteiger partial charge < -0.3 is 5.32 Å². The lowest BCUT2D eigenvalue weighted by Crippen LogP contribution is -2.30. The molecule has 1 aliphatic rings. The Morgan fingerprint density at radius 3 is 2.54 bits per heavy atom. The Hall–Kier alpha value is -2.35. The van der Waals surface area contributed by atoms with Crippen LogP contribution in [0, 0.1) is 19.8 Å². The van der Waals surface area contributed by atoms with Gasteiger partial charge in [-0.3, -0.25) is 4.79 Å². The lowest BCUT2D eigenvalue weighted by molar-refractivity contribution is -0.122. The maximum absolute atomic E-state index is 12.6. The second kappa shape index (κ2) is 7.48. The molecule has 124 valence electrons. The Kier molecular flexibility index (Phi) is 5.14. The van der Waals surface area contributed by atoms with Gasteiger partial charge in [0.05, 0.1) is 6.04 Å². The van der Waals surface area contributed by atoms with E-state index < -0.39 is 0 Å². The Bertz CT molecular complexity index is 733. The number of hydrogen-bond donors (Lipinski definition) is 1. The highest BCUT2D eigenvalue weighted by Gasteiger charge is 2.20. The number of benzene rings is 2. The molecular formula is C22H25NO. The standard InChI is InChI=1S/C22H25NO/c1-16-12-13-20(14-17(16)2)22(19-10-4-3-5-11-19)23-21(24)15-18-8-6-7-9-18/h3-6,8,10-14,18,22H,7,9,15H2,1-2H3,(H,23,24)/t18-,22+/m1/s1. The van der Waals surface area contributed by atoms with Gasteiger partial charge in [-0.05, 0) is 54.9 Å². The summed E-state index contributed by atoms with van der Waals surface area (Å²) in [5, 5.41) is 3.25. The molecule has 1 N–H and O–H groups in total. The molecule has 2 aromatic rings. The zero-order valence-corrected chi connectivity index (χ0v) is 14.5. The molecule has 0 unspecified atom stereocenters. The monoisotopic (exact) mass is 319 g/mol. The summed E-state index contributed by atoms with van der Waals surface area (Å²) >= 11 is 0. The van der Waals surface area contributed by atoms with Crippen LogP contribution >= 0.6 is 0 Å². The molecule has 0 spiro atoms. The van der Waals surface area contributed by atoms with E-state index in [0.717, 1.165) is 24.0 Å². The molecule has 1 amide bonds. The maximum atomic E-state index is 12.6. The van der Waals surface area contributed by atoms with Gasteiger partial charge in [0.15, 0.2) is 0 Å². The van der Waals surface area contributed by atoms with Gasteiger partial charge in [-0.15, -0.1) is 0 Å². The van der Waals surface area contributed by atoms with Crippen molar-refractivity contribution in [3.8, 4) is 0 Å². The first-order valence-corrected chi connectivity index (χ1v) is 8.71. The maximum Gasteiger partial charge on any atom is 0.221 e. The van der Waals surface area contributed by atoms with Crippen molar-refractivity contribution in [2.75, 3.05) is 0 Å². The first-order chi connectivity index (χ1) is 11.6. The third-order valence-corrected chi connectivity index (χ3v) is 4.86. The Morgan fingerprint density at radius 2 is 1.88 bits per heavy atom. The highest BCUT2D eigenvalue weighted by atomic mass is 16.1. The van der Waals surface area contributed by atoms with E-state index in [1.165, 1.54) is 11.1 Å². The number of rotatable bonds is 5. The SMILES string of the molecule is Cc1ccc([C@@H](NC(=O)C[C@@H]2C=CCC2)c2ccccc2)cc1C. The minimum atomic E-state index is -0.0941. The van der Waals surface area contributed by atoms with Crippen molar-refractivity contribution < 1.29 is 4.79 Å².